The minimum Gasteiger partial charge on any atom is -0.209 e. The van der Waals surface area contributed by atoms with Crippen LogP contribution >= 0.6 is 11.6 Å². The zero-order chi connectivity index (χ0) is 12.1. The van der Waals surface area contributed by atoms with Crippen molar-refractivity contribution in [2.45, 2.75) is 37.8 Å². The molecule has 0 radical (unpaired) electrons. The lowest BCUT2D eigenvalue weighted by atomic mass is 9.99. The average molecular weight is 264 g/mol. The fraction of sp³-hybridized carbons (Fsp3) is 1.00. The van der Waals surface area contributed by atoms with Gasteiger partial charge in [-0.15, -0.1) is 11.6 Å². The molecule has 0 aromatic rings. The van der Waals surface area contributed by atoms with Crippen LogP contribution in [0.5, 0.6) is 0 Å². The summed E-state index contributed by atoms with van der Waals surface area (Å²) in [6.45, 7) is 3.69. The summed E-state index contributed by atoms with van der Waals surface area (Å²) in [6, 6.07) is 0. The molecule has 0 heterocycles. The van der Waals surface area contributed by atoms with E-state index in [1.54, 1.807) is 4.72 Å². The number of halogens is 3. The number of nitrogens with one attached hydrogen (secondary N) is 1. The van der Waals surface area contributed by atoms with Gasteiger partial charge in [-0.1, -0.05) is 26.7 Å². The third-order valence-electron chi connectivity index (χ3n) is 2.27. The molecule has 0 aromatic carbocycles. The SMILES string of the molecule is CCC(CC)C(Cl)CNS(=O)(=O)C(F)F. The molecule has 1 atom stereocenters. The smallest absolute Gasteiger partial charge is 0.209 e. The number of rotatable bonds is 7. The van der Waals surface area contributed by atoms with E-state index in [1.165, 1.54) is 0 Å². The van der Waals surface area contributed by atoms with E-state index in [1.807, 2.05) is 13.8 Å². The third kappa shape index (κ3) is 5.08. The summed E-state index contributed by atoms with van der Waals surface area (Å²) in [4.78, 5) is 0. The molecule has 1 unspecified atom stereocenters. The minimum absolute atomic E-state index is 0.132. The van der Waals surface area contributed by atoms with E-state index < -0.39 is 21.2 Å². The predicted molar refractivity (Wildman–Crippen MR) is 56.6 cm³/mol. The second kappa shape index (κ2) is 6.60. The van der Waals surface area contributed by atoms with Crippen molar-refractivity contribution in [2.75, 3.05) is 6.54 Å². The van der Waals surface area contributed by atoms with Crippen molar-refractivity contribution in [1.82, 2.24) is 4.72 Å². The lowest BCUT2D eigenvalue weighted by Gasteiger charge is -2.19. The van der Waals surface area contributed by atoms with Gasteiger partial charge in [0.25, 0.3) is 10.0 Å². The van der Waals surface area contributed by atoms with Gasteiger partial charge in [-0.3, -0.25) is 0 Å². The predicted octanol–water partition coefficient (Wildman–Crippen LogP) is 2.17. The molecule has 7 heteroatoms. The Balaban J connectivity index is 4.16. The van der Waals surface area contributed by atoms with Crippen LogP contribution in [-0.4, -0.2) is 26.1 Å². The lowest BCUT2D eigenvalue weighted by molar-refractivity contribution is 0.232. The van der Waals surface area contributed by atoms with Gasteiger partial charge in [0.2, 0.25) is 0 Å². The second-order valence-electron chi connectivity index (χ2n) is 3.25. The monoisotopic (exact) mass is 263 g/mol. The van der Waals surface area contributed by atoms with Crippen molar-refractivity contribution in [3.63, 3.8) is 0 Å². The van der Waals surface area contributed by atoms with E-state index in [-0.39, 0.29) is 12.5 Å². The Hall–Kier alpha value is 0.0600. The fourth-order valence-electron chi connectivity index (χ4n) is 1.23. The number of alkyl halides is 3. The summed E-state index contributed by atoms with van der Waals surface area (Å²) >= 11 is 5.89. The molecule has 0 saturated carbocycles. The maximum absolute atomic E-state index is 11.9. The summed E-state index contributed by atoms with van der Waals surface area (Å²) in [7, 11) is -4.51. The normalized spacial score (nSPS) is 14.9. The van der Waals surface area contributed by atoms with Crippen molar-refractivity contribution in [3.8, 4) is 0 Å². The zero-order valence-electron chi connectivity index (χ0n) is 8.71. The van der Waals surface area contributed by atoms with Gasteiger partial charge < -0.3 is 0 Å². The Morgan fingerprint density at radius 3 is 2.07 bits per heavy atom. The largest absolute Gasteiger partial charge is 0.350 e. The first-order valence-corrected chi connectivity index (χ1v) is 6.74. The van der Waals surface area contributed by atoms with Gasteiger partial charge in [0, 0.05) is 11.9 Å². The van der Waals surface area contributed by atoms with Gasteiger partial charge in [-0.05, 0) is 5.92 Å². The molecule has 0 aromatic heterocycles. The Morgan fingerprint density at radius 1 is 1.27 bits per heavy atom. The van der Waals surface area contributed by atoms with Gasteiger partial charge >= 0.3 is 5.76 Å². The fourth-order valence-corrected chi connectivity index (χ4v) is 2.29. The molecule has 0 bridgehead atoms. The van der Waals surface area contributed by atoms with E-state index in [0.717, 1.165) is 12.8 Å². The molecular formula is C8H16ClF2NO2S. The van der Waals surface area contributed by atoms with Crippen molar-refractivity contribution in [2.24, 2.45) is 5.92 Å². The maximum Gasteiger partial charge on any atom is 0.350 e. The molecule has 1 N–H and O–H groups in total. The van der Waals surface area contributed by atoms with Gasteiger partial charge in [0.15, 0.2) is 0 Å². The quantitative estimate of drug-likeness (QED) is 0.716. The van der Waals surface area contributed by atoms with E-state index in [0.29, 0.717) is 0 Å². The molecular weight excluding hydrogens is 248 g/mol. The topological polar surface area (TPSA) is 46.2 Å². The van der Waals surface area contributed by atoms with Gasteiger partial charge in [-0.2, -0.15) is 8.78 Å². The molecule has 3 nitrogen and oxygen atoms in total. The van der Waals surface area contributed by atoms with Crippen LogP contribution in [0.1, 0.15) is 26.7 Å². The van der Waals surface area contributed by atoms with Gasteiger partial charge in [-0.25, -0.2) is 13.1 Å². The molecule has 92 valence electrons. The second-order valence-corrected chi connectivity index (χ2v) is 5.54. The standard InChI is InChI=1S/C8H16ClF2NO2S/c1-3-6(4-2)7(9)5-12-15(13,14)8(10)11/h6-8,12H,3-5H2,1-2H3. The summed E-state index contributed by atoms with van der Waals surface area (Å²) < 4.78 is 47.1. The van der Waals surface area contributed by atoms with Gasteiger partial charge in [0.1, 0.15) is 0 Å². The lowest BCUT2D eigenvalue weighted by Crippen LogP contribution is -2.36. The third-order valence-corrected chi connectivity index (χ3v) is 3.82. The molecule has 0 spiro atoms. The summed E-state index contributed by atoms with van der Waals surface area (Å²) in [5, 5.41) is -0.450. The highest BCUT2D eigenvalue weighted by Gasteiger charge is 2.25. The molecule has 0 amide bonds. The highest BCUT2D eigenvalue weighted by atomic mass is 35.5. The minimum atomic E-state index is -4.51. The van der Waals surface area contributed by atoms with Crippen LogP contribution in [0.15, 0.2) is 0 Å². The molecule has 15 heavy (non-hydrogen) atoms. The van der Waals surface area contributed by atoms with Crippen LogP contribution in [0.25, 0.3) is 0 Å². The first-order chi connectivity index (χ1) is 6.85. The first kappa shape index (κ1) is 15.1. The van der Waals surface area contributed by atoms with Gasteiger partial charge in [0.05, 0.1) is 0 Å². The number of hydrogen-bond acceptors (Lipinski definition) is 2. The van der Waals surface area contributed by atoms with Crippen LogP contribution in [0.4, 0.5) is 8.78 Å². The maximum atomic E-state index is 11.9. The van der Waals surface area contributed by atoms with Crippen molar-refractivity contribution < 1.29 is 17.2 Å². The molecule has 0 aliphatic carbocycles. The molecule has 0 aliphatic heterocycles. The van der Waals surface area contributed by atoms with Crippen molar-refractivity contribution >= 4 is 21.6 Å². The van der Waals surface area contributed by atoms with Crippen molar-refractivity contribution in [3.05, 3.63) is 0 Å². The van der Waals surface area contributed by atoms with Crippen LogP contribution in [0.3, 0.4) is 0 Å². The Bertz CT molecular complexity index is 268. The summed E-state index contributed by atoms with van der Waals surface area (Å²) in [6.07, 6.45) is 1.59. The molecule has 0 rings (SSSR count). The van der Waals surface area contributed by atoms with Crippen LogP contribution in [0.2, 0.25) is 0 Å². The van der Waals surface area contributed by atoms with Crippen molar-refractivity contribution in [1.29, 1.82) is 0 Å². The zero-order valence-corrected chi connectivity index (χ0v) is 10.3. The first-order valence-electron chi connectivity index (χ1n) is 4.75. The highest BCUT2D eigenvalue weighted by Crippen LogP contribution is 2.18. The Labute approximate surface area is 94.2 Å². The molecule has 0 fully saturated rings. The van der Waals surface area contributed by atoms with Crippen LogP contribution in [0, 0.1) is 5.92 Å². The number of hydrogen-bond donors (Lipinski definition) is 1. The molecule has 0 aliphatic rings. The molecule has 0 saturated heterocycles. The van der Waals surface area contributed by atoms with Crippen LogP contribution < -0.4 is 4.72 Å². The Morgan fingerprint density at radius 2 is 1.73 bits per heavy atom. The van der Waals surface area contributed by atoms with E-state index in [2.05, 4.69) is 0 Å². The average Bonchev–Trinajstić information content (AvgIpc) is 2.16. The van der Waals surface area contributed by atoms with E-state index in [4.69, 9.17) is 11.6 Å². The summed E-state index contributed by atoms with van der Waals surface area (Å²) in [5.41, 5.74) is 0. The van der Waals surface area contributed by atoms with Crippen LogP contribution in [-0.2, 0) is 10.0 Å². The number of sulfonamides is 1. The summed E-state index contributed by atoms with van der Waals surface area (Å²) in [5.74, 6) is -3.27. The van der Waals surface area contributed by atoms with E-state index >= 15 is 0 Å². The van der Waals surface area contributed by atoms with E-state index in [9.17, 15) is 17.2 Å². The highest BCUT2D eigenvalue weighted by molar-refractivity contribution is 7.89. The Kier molecular flexibility index (Phi) is 6.63.